The second kappa shape index (κ2) is 9.73. The Bertz CT molecular complexity index is 1070. The summed E-state index contributed by atoms with van der Waals surface area (Å²) in [6.45, 7) is 3.35. The molecular formula is C19H22N9O3+. The highest BCUT2D eigenvalue weighted by Crippen LogP contribution is 2.15. The van der Waals surface area contributed by atoms with E-state index in [2.05, 4.69) is 35.8 Å². The first-order valence-corrected chi connectivity index (χ1v) is 9.72. The minimum absolute atomic E-state index is 0.0548. The van der Waals surface area contributed by atoms with Crippen molar-refractivity contribution in [2.24, 2.45) is 5.10 Å². The number of hydrazone groups is 1. The number of carbonyl (C=O) groups excluding carboxylic acids is 1. The number of nitrogens with zero attached hydrogens (tertiary/aromatic N) is 6. The number of quaternary nitrogens is 1. The van der Waals surface area contributed by atoms with Crippen molar-refractivity contribution in [2.45, 2.75) is 6.54 Å². The van der Waals surface area contributed by atoms with E-state index >= 15 is 0 Å². The van der Waals surface area contributed by atoms with Crippen molar-refractivity contribution >= 4 is 24.0 Å². The van der Waals surface area contributed by atoms with E-state index in [4.69, 9.17) is 10.5 Å². The van der Waals surface area contributed by atoms with Crippen molar-refractivity contribution in [3.63, 3.8) is 0 Å². The molecule has 1 fully saturated rings. The molecule has 160 valence electrons. The maximum Gasteiger partial charge on any atom is 0.294 e. The predicted octanol–water partition coefficient (Wildman–Crippen LogP) is -0.923. The molecule has 12 nitrogen and oxygen atoms in total. The number of carbonyl (C=O) groups is 1. The van der Waals surface area contributed by atoms with E-state index in [-0.39, 0.29) is 17.3 Å². The van der Waals surface area contributed by atoms with Crippen molar-refractivity contribution < 1.29 is 19.1 Å². The number of hydrogen-bond donors (Lipinski definition) is 3. The van der Waals surface area contributed by atoms with Gasteiger partial charge in [-0.3, -0.25) is 4.79 Å². The molecule has 4 rings (SSSR count). The van der Waals surface area contributed by atoms with Gasteiger partial charge < -0.3 is 15.4 Å². The molecule has 0 aliphatic carbocycles. The van der Waals surface area contributed by atoms with E-state index < -0.39 is 5.91 Å². The number of nitrogens with two attached hydrogens (primary N) is 1. The van der Waals surface area contributed by atoms with E-state index in [1.54, 1.807) is 6.08 Å². The van der Waals surface area contributed by atoms with Crippen LogP contribution in [0, 0.1) is 0 Å². The van der Waals surface area contributed by atoms with Crippen LogP contribution in [0.3, 0.4) is 0 Å². The third-order valence-electron chi connectivity index (χ3n) is 4.71. The van der Waals surface area contributed by atoms with Gasteiger partial charge in [-0.2, -0.15) is 9.78 Å². The van der Waals surface area contributed by atoms with Gasteiger partial charge in [-0.25, -0.2) is 10.1 Å². The number of rotatable bonds is 7. The topological polar surface area (TPSA) is 151 Å². The standard InChI is InChI=1S/C19H21N9O3/c20-17-18(25-31-24-17)28-15(13-27-9-11-30-12-10-27)16(22-26-28)19(29)23-21-8-4-7-14-5-2-1-3-6-14/h1-8H,9-13H2,(H2,20,24)(H,23,29)/p+1. The fourth-order valence-electron chi connectivity index (χ4n) is 3.13. The van der Waals surface area contributed by atoms with Gasteiger partial charge in [0.15, 0.2) is 5.69 Å². The van der Waals surface area contributed by atoms with Crippen LogP contribution < -0.4 is 16.1 Å². The van der Waals surface area contributed by atoms with Crippen molar-refractivity contribution in [2.75, 3.05) is 32.0 Å². The predicted molar refractivity (Wildman–Crippen MR) is 110 cm³/mol. The first-order chi connectivity index (χ1) is 15.2. The van der Waals surface area contributed by atoms with Gasteiger partial charge in [-0.15, -0.1) is 5.10 Å². The van der Waals surface area contributed by atoms with E-state index in [9.17, 15) is 4.79 Å². The van der Waals surface area contributed by atoms with Crippen molar-refractivity contribution in [3.05, 3.63) is 53.4 Å². The lowest BCUT2D eigenvalue weighted by Gasteiger charge is -2.23. The number of amides is 1. The van der Waals surface area contributed by atoms with Crippen LogP contribution in [0.1, 0.15) is 21.7 Å². The number of hydrogen-bond acceptors (Lipinski definition) is 9. The Morgan fingerprint density at radius 3 is 2.81 bits per heavy atom. The van der Waals surface area contributed by atoms with Gasteiger partial charge in [0, 0.05) is 6.21 Å². The van der Waals surface area contributed by atoms with E-state index in [0.717, 1.165) is 18.7 Å². The average Bonchev–Trinajstić information content (AvgIpc) is 3.40. The Labute approximate surface area is 177 Å². The molecule has 1 amide bonds. The van der Waals surface area contributed by atoms with Crippen LogP contribution in [0.15, 0.2) is 46.1 Å². The Kier molecular flexibility index (Phi) is 6.40. The molecule has 3 heterocycles. The first-order valence-electron chi connectivity index (χ1n) is 9.72. The molecule has 31 heavy (non-hydrogen) atoms. The summed E-state index contributed by atoms with van der Waals surface area (Å²) in [4.78, 5) is 13.9. The third-order valence-corrected chi connectivity index (χ3v) is 4.71. The lowest BCUT2D eigenvalue weighted by atomic mass is 10.2. The number of aromatic nitrogens is 5. The van der Waals surface area contributed by atoms with E-state index in [0.29, 0.717) is 25.5 Å². The van der Waals surface area contributed by atoms with Crippen LogP contribution in [0.5, 0.6) is 0 Å². The second-order valence-electron chi connectivity index (χ2n) is 6.80. The third kappa shape index (κ3) is 4.99. The molecule has 1 aliphatic rings. The molecule has 12 heteroatoms. The zero-order chi connectivity index (χ0) is 21.5. The first kappa shape index (κ1) is 20.4. The molecule has 0 bridgehead atoms. The lowest BCUT2D eigenvalue weighted by molar-refractivity contribution is -0.921. The number of benzene rings is 1. The lowest BCUT2D eigenvalue weighted by Crippen LogP contribution is -3.12. The van der Waals surface area contributed by atoms with Crippen molar-refractivity contribution in [1.29, 1.82) is 0 Å². The molecule has 0 atom stereocenters. The van der Waals surface area contributed by atoms with Gasteiger partial charge in [0.2, 0.25) is 11.6 Å². The summed E-state index contributed by atoms with van der Waals surface area (Å²) in [5.41, 5.74) is 9.97. The van der Waals surface area contributed by atoms with Crippen LogP contribution in [0.4, 0.5) is 5.82 Å². The van der Waals surface area contributed by atoms with Gasteiger partial charge in [0.1, 0.15) is 25.3 Å². The maximum atomic E-state index is 12.7. The fraction of sp³-hybridized carbons (Fsp3) is 0.263. The highest BCUT2D eigenvalue weighted by Gasteiger charge is 2.27. The van der Waals surface area contributed by atoms with E-state index in [1.165, 1.54) is 15.8 Å². The molecule has 4 N–H and O–H groups in total. The minimum atomic E-state index is -0.492. The Morgan fingerprint density at radius 2 is 2.06 bits per heavy atom. The molecule has 2 aromatic heterocycles. The maximum absolute atomic E-state index is 12.7. The molecule has 0 radical (unpaired) electrons. The van der Waals surface area contributed by atoms with Crippen LogP contribution in [0.25, 0.3) is 11.9 Å². The van der Waals surface area contributed by atoms with Gasteiger partial charge in [-0.1, -0.05) is 41.6 Å². The summed E-state index contributed by atoms with van der Waals surface area (Å²) in [5.74, 6) is -0.254. The fourth-order valence-corrected chi connectivity index (χ4v) is 3.13. The van der Waals surface area contributed by atoms with Gasteiger partial charge >= 0.3 is 0 Å². The van der Waals surface area contributed by atoms with Crippen molar-refractivity contribution in [1.82, 2.24) is 30.7 Å². The Hall–Kier alpha value is -3.90. The molecule has 0 unspecified atom stereocenters. The normalized spacial score (nSPS) is 15.1. The molecular weight excluding hydrogens is 402 g/mol. The number of nitrogen functional groups attached to an aromatic ring is 1. The average molecular weight is 424 g/mol. The number of ether oxygens (including phenoxy) is 1. The second-order valence-corrected chi connectivity index (χ2v) is 6.80. The number of allylic oxidation sites excluding steroid dienone is 1. The summed E-state index contributed by atoms with van der Waals surface area (Å²) < 4.78 is 11.5. The largest absolute Gasteiger partial charge is 0.378 e. The van der Waals surface area contributed by atoms with Gasteiger partial charge in [-0.05, 0) is 22.0 Å². The van der Waals surface area contributed by atoms with Crippen LogP contribution in [0.2, 0.25) is 0 Å². The SMILES string of the molecule is Nc1nonc1-n1nnc(C(=O)NN=CC=Cc2ccccc2)c1C[NH+]1CCOCC1. The smallest absolute Gasteiger partial charge is 0.294 e. The van der Waals surface area contributed by atoms with Gasteiger partial charge in [0.05, 0.1) is 13.2 Å². The molecule has 3 aromatic rings. The molecule has 1 aliphatic heterocycles. The highest BCUT2D eigenvalue weighted by atomic mass is 16.6. The minimum Gasteiger partial charge on any atom is -0.378 e. The number of anilines is 1. The monoisotopic (exact) mass is 424 g/mol. The molecule has 1 saturated heterocycles. The zero-order valence-corrected chi connectivity index (χ0v) is 16.6. The zero-order valence-electron chi connectivity index (χ0n) is 16.6. The summed E-state index contributed by atoms with van der Waals surface area (Å²) in [7, 11) is 0. The van der Waals surface area contributed by atoms with Crippen molar-refractivity contribution in [3.8, 4) is 5.82 Å². The van der Waals surface area contributed by atoms with Crippen LogP contribution >= 0.6 is 0 Å². The van der Waals surface area contributed by atoms with Crippen LogP contribution in [-0.2, 0) is 11.3 Å². The van der Waals surface area contributed by atoms with Crippen LogP contribution in [-0.4, -0.2) is 63.7 Å². The van der Waals surface area contributed by atoms with E-state index in [1.807, 2.05) is 36.4 Å². The summed E-state index contributed by atoms with van der Waals surface area (Å²) in [6, 6.07) is 9.75. The molecule has 1 aromatic carbocycles. The Balaban J connectivity index is 1.50. The molecule has 0 saturated carbocycles. The summed E-state index contributed by atoms with van der Waals surface area (Å²) in [6.07, 6.45) is 5.09. The van der Waals surface area contributed by atoms with Gasteiger partial charge in [0.25, 0.3) is 5.91 Å². The summed E-state index contributed by atoms with van der Waals surface area (Å²) in [5, 5.41) is 19.4. The Morgan fingerprint density at radius 1 is 1.26 bits per heavy atom. The highest BCUT2D eigenvalue weighted by molar-refractivity contribution is 5.94. The molecule has 0 spiro atoms. The number of morpholine rings is 1. The summed E-state index contributed by atoms with van der Waals surface area (Å²) >= 11 is 0. The number of nitrogens with one attached hydrogen (secondary N) is 2. The quantitative estimate of drug-likeness (QED) is 0.325.